The van der Waals surface area contributed by atoms with Crippen molar-refractivity contribution in [3.05, 3.63) is 58.1 Å². The summed E-state index contributed by atoms with van der Waals surface area (Å²) < 4.78 is 24.3. The lowest BCUT2D eigenvalue weighted by Crippen LogP contribution is -2.39. The lowest BCUT2D eigenvalue weighted by atomic mass is 10.1. The van der Waals surface area contributed by atoms with E-state index in [4.69, 9.17) is 23.2 Å². The third-order valence-electron chi connectivity index (χ3n) is 5.24. The summed E-state index contributed by atoms with van der Waals surface area (Å²) >= 11 is 13.6. The van der Waals surface area contributed by atoms with Crippen LogP contribution < -0.4 is 10.2 Å². The smallest absolute Gasteiger partial charge is 0.234 e. The summed E-state index contributed by atoms with van der Waals surface area (Å²) in [7, 11) is -3.17. The van der Waals surface area contributed by atoms with Crippen LogP contribution in [0.2, 0.25) is 10.0 Å². The predicted molar refractivity (Wildman–Crippen MR) is 130 cm³/mol. The van der Waals surface area contributed by atoms with Gasteiger partial charge in [0.1, 0.15) is 0 Å². The molecule has 0 radical (unpaired) electrons. The van der Waals surface area contributed by atoms with Crippen molar-refractivity contribution in [2.45, 2.75) is 25.4 Å². The molecule has 1 saturated heterocycles. The van der Waals surface area contributed by atoms with E-state index in [1.165, 1.54) is 11.8 Å². The van der Waals surface area contributed by atoms with Crippen LogP contribution in [0.25, 0.3) is 0 Å². The quantitative estimate of drug-likeness (QED) is 0.666. The Labute approximate surface area is 195 Å². The number of amidine groups is 1. The first kappa shape index (κ1) is 22.5. The second-order valence-corrected chi connectivity index (χ2v) is 11.4. The molecule has 2 aliphatic rings. The number of sulfone groups is 1. The maximum atomic E-state index is 12.6. The van der Waals surface area contributed by atoms with Crippen molar-refractivity contribution in [1.29, 1.82) is 0 Å². The number of benzene rings is 2. The molecule has 164 valence electrons. The van der Waals surface area contributed by atoms with Crippen molar-refractivity contribution >= 4 is 67.3 Å². The molecule has 2 atom stereocenters. The summed E-state index contributed by atoms with van der Waals surface area (Å²) in [5.41, 5.74) is 2.53. The third-order valence-corrected chi connectivity index (χ3v) is 8.34. The number of rotatable bonds is 5. The molecule has 10 heteroatoms. The Morgan fingerprint density at radius 3 is 2.61 bits per heavy atom. The van der Waals surface area contributed by atoms with Gasteiger partial charge in [-0.3, -0.25) is 9.79 Å². The van der Waals surface area contributed by atoms with Crippen molar-refractivity contribution in [3.63, 3.8) is 0 Å². The molecule has 0 bridgehead atoms. The van der Waals surface area contributed by atoms with Gasteiger partial charge in [-0.25, -0.2) is 8.42 Å². The number of carbonyl (C=O) groups excluding carboxylic acids is 1. The maximum Gasteiger partial charge on any atom is 0.234 e. The lowest BCUT2D eigenvalue weighted by molar-refractivity contribution is -0.113. The van der Waals surface area contributed by atoms with Gasteiger partial charge in [0.15, 0.2) is 15.0 Å². The molecular weight excluding hydrogens is 477 g/mol. The van der Waals surface area contributed by atoms with Crippen molar-refractivity contribution in [3.8, 4) is 0 Å². The Bertz CT molecular complexity index is 1130. The number of fused-ring (bicyclic) bond motifs is 1. The molecule has 6 nitrogen and oxygen atoms in total. The zero-order chi connectivity index (χ0) is 22.2. The largest absolute Gasteiger partial charge is 0.325 e. The average molecular weight is 498 g/mol. The molecule has 2 aliphatic heterocycles. The Balaban J connectivity index is 1.53. The molecule has 0 saturated carbocycles. The Morgan fingerprint density at radius 2 is 1.90 bits per heavy atom. The first-order chi connectivity index (χ1) is 14.8. The fourth-order valence-corrected chi connectivity index (χ4v) is 7.16. The number of para-hydroxylation sites is 1. The number of anilines is 2. The van der Waals surface area contributed by atoms with E-state index >= 15 is 0 Å². The van der Waals surface area contributed by atoms with E-state index in [2.05, 4.69) is 10.3 Å². The van der Waals surface area contributed by atoms with Crippen molar-refractivity contribution in [2.24, 2.45) is 4.99 Å². The zero-order valence-electron chi connectivity index (χ0n) is 16.7. The van der Waals surface area contributed by atoms with Crippen LogP contribution in [0.3, 0.4) is 0 Å². The number of amides is 1. The van der Waals surface area contributed by atoms with E-state index in [1.807, 2.05) is 36.1 Å². The SMILES string of the molecule is CCc1ccccc1NC(=O)CSC1=N[C@@H]2CS(=O)(=O)C[C@H]2N1c1cc(Cl)cc(Cl)c1. The topological polar surface area (TPSA) is 78.8 Å². The van der Waals surface area contributed by atoms with E-state index in [0.29, 0.717) is 20.9 Å². The highest BCUT2D eigenvalue weighted by Gasteiger charge is 2.47. The van der Waals surface area contributed by atoms with Gasteiger partial charge >= 0.3 is 0 Å². The summed E-state index contributed by atoms with van der Waals surface area (Å²) in [5, 5.41) is 4.45. The highest BCUT2D eigenvalue weighted by Crippen LogP contribution is 2.37. The van der Waals surface area contributed by atoms with Gasteiger partial charge in [-0.15, -0.1) is 0 Å². The maximum absolute atomic E-state index is 12.6. The van der Waals surface area contributed by atoms with Crippen LogP contribution >= 0.6 is 35.0 Å². The van der Waals surface area contributed by atoms with Crippen LogP contribution in [-0.4, -0.2) is 48.8 Å². The molecule has 2 aromatic carbocycles. The second kappa shape index (κ2) is 9.02. The summed E-state index contributed by atoms with van der Waals surface area (Å²) in [6.07, 6.45) is 0.817. The summed E-state index contributed by atoms with van der Waals surface area (Å²) in [6, 6.07) is 12.1. The van der Waals surface area contributed by atoms with Gasteiger partial charge < -0.3 is 10.2 Å². The number of aryl methyl sites for hydroxylation is 1. The van der Waals surface area contributed by atoms with E-state index in [-0.39, 0.29) is 35.2 Å². The molecule has 0 aliphatic carbocycles. The monoisotopic (exact) mass is 497 g/mol. The van der Waals surface area contributed by atoms with E-state index in [9.17, 15) is 13.2 Å². The van der Waals surface area contributed by atoms with Crippen LogP contribution in [0.1, 0.15) is 12.5 Å². The third kappa shape index (κ3) is 5.03. The van der Waals surface area contributed by atoms with Crippen LogP contribution in [0.15, 0.2) is 47.5 Å². The number of thioether (sulfide) groups is 1. The average Bonchev–Trinajstić information content (AvgIpc) is 3.17. The van der Waals surface area contributed by atoms with Gasteiger partial charge in [0.05, 0.1) is 29.3 Å². The standard InChI is InChI=1S/C21H21Cl2N3O3S2/c1-2-13-5-3-4-6-17(13)24-20(27)10-30-21-25-18-11-31(28,29)12-19(18)26(21)16-8-14(22)7-15(23)9-16/h3-9,18-19H,2,10-12H2,1H3,(H,24,27)/t18-,19-/m1/s1. The molecule has 2 heterocycles. The fraction of sp³-hybridized carbons (Fsp3) is 0.333. The number of halogens is 2. The van der Waals surface area contributed by atoms with Gasteiger partial charge in [-0.2, -0.15) is 0 Å². The molecule has 0 spiro atoms. The molecule has 1 fully saturated rings. The number of carbonyl (C=O) groups is 1. The normalized spacial score (nSPS) is 21.6. The Kier molecular flexibility index (Phi) is 6.53. The fourth-order valence-electron chi connectivity index (χ4n) is 3.88. The number of nitrogens with one attached hydrogen (secondary N) is 1. The van der Waals surface area contributed by atoms with Crippen molar-refractivity contribution in [1.82, 2.24) is 0 Å². The summed E-state index contributed by atoms with van der Waals surface area (Å²) in [4.78, 5) is 19.1. The van der Waals surface area contributed by atoms with Crippen LogP contribution in [0.5, 0.6) is 0 Å². The lowest BCUT2D eigenvalue weighted by Gasteiger charge is -2.26. The van der Waals surface area contributed by atoms with Gasteiger partial charge in [-0.1, -0.05) is 60.1 Å². The highest BCUT2D eigenvalue weighted by molar-refractivity contribution is 8.14. The molecular formula is C21H21Cl2N3O3S2. The minimum atomic E-state index is -3.17. The predicted octanol–water partition coefficient (Wildman–Crippen LogP) is 4.27. The minimum absolute atomic E-state index is 0.00258. The molecule has 0 aromatic heterocycles. The van der Waals surface area contributed by atoms with Gasteiger partial charge in [0.2, 0.25) is 5.91 Å². The zero-order valence-corrected chi connectivity index (χ0v) is 19.9. The Hall–Kier alpha value is -1.74. The number of nitrogens with zero attached hydrogens (tertiary/aromatic N) is 2. The molecule has 1 amide bonds. The van der Waals surface area contributed by atoms with E-state index < -0.39 is 9.84 Å². The van der Waals surface area contributed by atoms with Gasteiger partial charge in [0.25, 0.3) is 0 Å². The molecule has 1 N–H and O–H groups in total. The van der Waals surface area contributed by atoms with E-state index in [1.54, 1.807) is 18.2 Å². The summed E-state index contributed by atoms with van der Waals surface area (Å²) in [5.74, 6) is 0.00406. The number of hydrogen-bond donors (Lipinski definition) is 1. The minimum Gasteiger partial charge on any atom is -0.325 e. The van der Waals surface area contributed by atoms with Crippen LogP contribution in [0.4, 0.5) is 11.4 Å². The number of aliphatic imine (C=N–C) groups is 1. The molecule has 0 unspecified atom stereocenters. The number of hydrogen-bond acceptors (Lipinski definition) is 6. The summed E-state index contributed by atoms with van der Waals surface area (Å²) in [6.45, 7) is 2.04. The van der Waals surface area contributed by atoms with Gasteiger partial charge in [-0.05, 0) is 36.2 Å². The molecule has 4 rings (SSSR count). The van der Waals surface area contributed by atoms with E-state index in [0.717, 1.165) is 17.7 Å². The second-order valence-electron chi connectivity index (χ2n) is 7.47. The van der Waals surface area contributed by atoms with Crippen molar-refractivity contribution < 1.29 is 13.2 Å². The molecule has 31 heavy (non-hydrogen) atoms. The van der Waals surface area contributed by atoms with Crippen LogP contribution in [-0.2, 0) is 21.1 Å². The first-order valence-electron chi connectivity index (χ1n) is 9.80. The van der Waals surface area contributed by atoms with Crippen LogP contribution in [0, 0.1) is 0 Å². The van der Waals surface area contributed by atoms with Crippen molar-refractivity contribution in [2.75, 3.05) is 27.5 Å². The highest BCUT2D eigenvalue weighted by atomic mass is 35.5. The molecule has 2 aromatic rings. The van der Waals surface area contributed by atoms with Gasteiger partial charge in [0, 0.05) is 21.4 Å². The Morgan fingerprint density at radius 1 is 1.19 bits per heavy atom. The first-order valence-corrected chi connectivity index (χ1v) is 13.4.